The van der Waals surface area contributed by atoms with Crippen LogP contribution < -0.4 is 4.90 Å². The number of benzene rings is 1. The summed E-state index contributed by atoms with van der Waals surface area (Å²) in [7, 11) is 0. The number of carbonyl (C=O) groups is 1. The van der Waals surface area contributed by atoms with Gasteiger partial charge in [0.2, 0.25) is 0 Å². The fourth-order valence-corrected chi connectivity index (χ4v) is 2.50. The average Bonchev–Trinajstić information content (AvgIpc) is 2.66. The molecular formula is C15H19NO2. The number of nitrogens with zero attached hydrogens (tertiary/aromatic N) is 1. The van der Waals surface area contributed by atoms with E-state index < -0.39 is 5.97 Å². The number of carboxylic acids is 1. The third-order valence-corrected chi connectivity index (χ3v) is 3.54. The molecule has 2 rings (SSSR count). The number of rotatable bonds is 4. The molecule has 1 N–H and O–H groups in total. The summed E-state index contributed by atoms with van der Waals surface area (Å²) < 4.78 is 0. The van der Waals surface area contributed by atoms with Crippen molar-refractivity contribution in [3.05, 3.63) is 41.5 Å². The van der Waals surface area contributed by atoms with Crippen molar-refractivity contribution in [2.75, 3.05) is 11.4 Å². The van der Waals surface area contributed by atoms with Gasteiger partial charge in [0.15, 0.2) is 0 Å². The van der Waals surface area contributed by atoms with Crippen LogP contribution in [0.25, 0.3) is 0 Å². The van der Waals surface area contributed by atoms with Gasteiger partial charge < -0.3 is 10.0 Å². The Labute approximate surface area is 108 Å². The quantitative estimate of drug-likeness (QED) is 0.829. The number of hydrogen-bond acceptors (Lipinski definition) is 2. The molecule has 1 atom stereocenters. The molecule has 0 saturated heterocycles. The van der Waals surface area contributed by atoms with E-state index in [4.69, 9.17) is 5.11 Å². The van der Waals surface area contributed by atoms with Gasteiger partial charge in [-0.2, -0.15) is 0 Å². The van der Waals surface area contributed by atoms with E-state index in [0.717, 1.165) is 6.42 Å². The second kappa shape index (κ2) is 5.25. The van der Waals surface area contributed by atoms with E-state index in [1.54, 1.807) is 0 Å². The molecule has 0 spiro atoms. The van der Waals surface area contributed by atoms with Gasteiger partial charge in [0.25, 0.3) is 0 Å². The van der Waals surface area contributed by atoms with Crippen molar-refractivity contribution in [1.82, 2.24) is 0 Å². The molecule has 0 aromatic heterocycles. The summed E-state index contributed by atoms with van der Waals surface area (Å²) in [6.07, 6.45) is 3.44. The number of fused-ring (bicyclic) bond motifs is 1. The second-order valence-electron chi connectivity index (χ2n) is 4.72. The van der Waals surface area contributed by atoms with Crippen LogP contribution in [0.2, 0.25) is 0 Å². The molecule has 96 valence electrons. The summed E-state index contributed by atoms with van der Waals surface area (Å²) >= 11 is 0. The van der Waals surface area contributed by atoms with Gasteiger partial charge in [-0.05, 0) is 31.4 Å². The number of para-hydroxylation sites is 1. The van der Waals surface area contributed by atoms with Crippen LogP contribution in [0.15, 0.2) is 35.9 Å². The highest BCUT2D eigenvalue weighted by Gasteiger charge is 2.24. The van der Waals surface area contributed by atoms with E-state index in [0.29, 0.717) is 24.6 Å². The minimum atomic E-state index is -0.808. The molecule has 0 radical (unpaired) electrons. The minimum absolute atomic E-state index is 0.436. The molecule has 1 unspecified atom stereocenters. The fraction of sp³-hybridized carbons (Fsp3) is 0.400. The Morgan fingerprint density at radius 2 is 2.22 bits per heavy atom. The van der Waals surface area contributed by atoms with E-state index in [1.165, 1.54) is 11.3 Å². The Kier molecular flexibility index (Phi) is 3.70. The molecule has 0 aliphatic carbocycles. The molecule has 0 bridgehead atoms. The van der Waals surface area contributed by atoms with Crippen molar-refractivity contribution < 1.29 is 9.90 Å². The van der Waals surface area contributed by atoms with Crippen molar-refractivity contribution in [3.8, 4) is 0 Å². The Morgan fingerprint density at radius 1 is 1.50 bits per heavy atom. The fourth-order valence-electron chi connectivity index (χ4n) is 2.50. The van der Waals surface area contributed by atoms with E-state index in [9.17, 15) is 4.79 Å². The van der Waals surface area contributed by atoms with Gasteiger partial charge in [-0.15, -0.1) is 0 Å². The largest absolute Gasteiger partial charge is 0.478 e. The van der Waals surface area contributed by atoms with E-state index in [-0.39, 0.29) is 0 Å². The van der Waals surface area contributed by atoms with E-state index in [2.05, 4.69) is 30.0 Å². The van der Waals surface area contributed by atoms with Crippen LogP contribution in [0.1, 0.15) is 25.8 Å². The zero-order chi connectivity index (χ0) is 13.1. The smallest absolute Gasteiger partial charge is 0.331 e. The van der Waals surface area contributed by atoms with Gasteiger partial charge in [0, 0.05) is 23.8 Å². The molecule has 1 aromatic rings. The van der Waals surface area contributed by atoms with Crippen molar-refractivity contribution in [2.45, 2.75) is 32.7 Å². The van der Waals surface area contributed by atoms with Crippen LogP contribution in [0, 0.1) is 0 Å². The molecule has 0 saturated carbocycles. The number of aliphatic carboxylic acids is 1. The number of hydrogen-bond donors (Lipinski definition) is 1. The monoisotopic (exact) mass is 245 g/mol. The van der Waals surface area contributed by atoms with E-state index >= 15 is 0 Å². The normalized spacial score (nSPS) is 18.9. The van der Waals surface area contributed by atoms with Crippen molar-refractivity contribution in [1.29, 1.82) is 0 Å². The van der Waals surface area contributed by atoms with Gasteiger partial charge in [0.1, 0.15) is 0 Å². The Balaban J connectivity index is 2.17. The van der Waals surface area contributed by atoms with Crippen LogP contribution in [-0.4, -0.2) is 23.7 Å². The van der Waals surface area contributed by atoms with Crippen molar-refractivity contribution in [3.63, 3.8) is 0 Å². The molecule has 1 aliphatic heterocycles. The molecular weight excluding hydrogens is 226 g/mol. The maximum absolute atomic E-state index is 11.0. The first-order chi connectivity index (χ1) is 8.63. The molecule has 1 aliphatic rings. The Bertz CT molecular complexity index is 479. The van der Waals surface area contributed by atoms with Crippen LogP contribution in [0.5, 0.6) is 0 Å². The summed E-state index contributed by atoms with van der Waals surface area (Å²) in [4.78, 5) is 13.2. The first kappa shape index (κ1) is 12.7. The van der Waals surface area contributed by atoms with Crippen LogP contribution >= 0.6 is 0 Å². The minimum Gasteiger partial charge on any atom is -0.478 e. The SMILES string of the molecule is CCC(=CCN1c2ccccc2CC1C)C(=O)O. The summed E-state index contributed by atoms with van der Waals surface area (Å²) in [6.45, 7) is 4.73. The molecule has 3 nitrogen and oxygen atoms in total. The highest BCUT2D eigenvalue weighted by atomic mass is 16.4. The average molecular weight is 245 g/mol. The highest BCUT2D eigenvalue weighted by Crippen LogP contribution is 2.31. The summed E-state index contributed by atoms with van der Waals surface area (Å²) in [5.41, 5.74) is 3.08. The molecule has 3 heteroatoms. The molecule has 1 heterocycles. The maximum atomic E-state index is 11.0. The van der Waals surface area contributed by atoms with Crippen LogP contribution in [0.4, 0.5) is 5.69 Å². The number of anilines is 1. The summed E-state index contributed by atoms with van der Waals surface area (Å²) in [6, 6.07) is 8.78. The second-order valence-corrected chi connectivity index (χ2v) is 4.72. The van der Waals surface area contributed by atoms with Gasteiger partial charge in [0.05, 0.1) is 0 Å². The lowest BCUT2D eigenvalue weighted by Crippen LogP contribution is -2.29. The first-order valence-corrected chi connectivity index (χ1v) is 6.40. The van der Waals surface area contributed by atoms with Gasteiger partial charge in [-0.25, -0.2) is 4.79 Å². The molecule has 1 aromatic carbocycles. The third kappa shape index (κ3) is 2.40. The third-order valence-electron chi connectivity index (χ3n) is 3.54. The Hall–Kier alpha value is -1.77. The summed E-state index contributed by atoms with van der Waals surface area (Å²) in [5, 5.41) is 9.02. The predicted octanol–water partition coefficient (Wildman–Crippen LogP) is 2.86. The Morgan fingerprint density at radius 3 is 2.89 bits per heavy atom. The van der Waals surface area contributed by atoms with Gasteiger partial charge in [-0.3, -0.25) is 0 Å². The number of carboxylic acid groups (broad SMARTS) is 1. The zero-order valence-corrected chi connectivity index (χ0v) is 10.9. The molecule has 0 amide bonds. The van der Waals surface area contributed by atoms with Crippen molar-refractivity contribution in [2.24, 2.45) is 0 Å². The lowest BCUT2D eigenvalue weighted by Gasteiger charge is -2.23. The maximum Gasteiger partial charge on any atom is 0.331 e. The standard InChI is InChI=1S/C15H19NO2/c1-3-12(15(17)18)8-9-16-11(2)10-13-6-4-5-7-14(13)16/h4-8,11H,3,9-10H2,1-2H3,(H,17,18). The predicted molar refractivity (Wildman–Crippen MR) is 73.0 cm³/mol. The topological polar surface area (TPSA) is 40.5 Å². The van der Waals surface area contributed by atoms with Gasteiger partial charge in [-0.1, -0.05) is 31.2 Å². The van der Waals surface area contributed by atoms with Crippen molar-refractivity contribution >= 4 is 11.7 Å². The van der Waals surface area contributed by atoms with Crippen LogP contribution in [-0.2, 0) is 11.2 Å². The molecule has 0 fully saturated rings. The lowest BCUT2D eigenvalue weighted by molar-refractivity contribution is -0.132. The van der Waals surface area contributed by atoms with Gasteiger partial charge >= 0.3 is 5.97 Å². The zero-order valence-electron chi connectivity index (χ0n) is 10.9. The lowest BCUT2D eigenvalue weighted by atomic mass is 10.1. The first-order valence-electron chi connectivity index (χ1n) is 6.40. The van der Waals surface area contributed by atoms with Crippen LogP contribution in [0.3, 0.4) is 0 Å². The molecule has 18 heavy (non-hydrogen) atoms. The van der Waals surface area contributed by atoms with E-state index in [1.807, 2.05) is 19.1 Å². The highest BCUT2D eigenvalue weighted by molar-refractivity contribution is 5.86. The summed E-state index contributed by atoms with van der Waals surface area (Å²) in [5.74, 6) is -0.808.